The second kappa shape index (κ2) is 13.8. The van der Waals surface area contributed by atoms with Crippen LogP contribution in [0.5, 0.6) is 5.75 Å². The van der Waals surface area contributed by atoms with Gasteiger partial charge in [-0.15, -0.1) is 0 Å². The molecule has 0 atom stereocenters. The van der Waals surface area contributed by atoms with Crippen LogP contribution < -0.4 is 17.7 Å². The SMILES string of the molecule is [O-]c1ccc(Br)cc1/C=N/NC([S-])=Nc1ccccc1.c1cc[c]([Sn+2][c]2ccccc2)cc1. The number of hydrogen-bond acceptors (Lipinski definition) is 4. The van der Waals surface area contributed by atoms with Crippen molar-refractivity contribution in [1.82, 2.24) is 5.43 Å². The van der Waals surface area contributed by atoms with E-state index in [-0.39, 0.29) is 10.9 Å². The zero-order valence-corrected chi connectivity index (χ0v) is 22.8. The van der Waals surface area contributed by atoms with Crippen molar-refractivity contribution in [2.24, 2.45) is 10.1 Å². The van der Waals surface area contributed by atoms with Crippen molar-refractivity contribution >= 4 is 73.9 Å². The molecule has 0 aliphatic rings. The van der Waals surface area contributed by atoms with Crippen LogP contribution in [0.1, 0.15) is 5.56 Å². The Morgan fingerprint density at radius 2 is 1.36 bits per heavy atom. The Bertz CT molecular complexity index is 1150. The Labute approximate surface area is 218 Å². The van der Waals surface area contributed by atoms with Crippen molar-refractivity contribution < 1.29 is 5.11 Å². The molecular formula is C26H20BrN3OSSn. The van der Waals surface area contributed by atoms with Crippen molar-refractivity contribution in [3.63, 3.8) is 0 Å². The molecular weight excluding hydrogens is 601 g/mol. The summed E-state index contributed by atoms with van der Waals surface area (Å²) in [6.07, 6.45) is 1.42. The number of para-hydroxylation sites is 1. The molecule has 4 rings (SSSR count). The topological polar surface area (TPSA) is 59.8 Å². The maximum atomic E-state index is 11.5. The number of hydrazone groups is 1. The predicted octanol–water partition coefficient (Wildman–Crippen LogP) is 4.02. The first-order valence-electron chi connectivity index (χ1n) is 10.0. The molecule has 0 heterocycles. The first-order valence-corrected chi connectivity index (χ1v) is 14.1. The number of rotatable bonds is 5. The summed E-state index contributed by atoms with van der Waals surface area (Å²) in [5, 5.41) is 15.7. The Morgan fingerprint density at radius 3 is 1.94 bits per heavy atom. The van der Waals surface area contributed by atoms with Crippen molar-refractivity contribution in [3.8, 4) is 5.75 Å². The molecule has 0 unspecified atom stereocenters. The third-order valence-electron chi connectivity index (χ3n) is 4.16. The Kier molecular flexibility index (Phi) is 10.4. The average Bonchev–Trinajstić information content (AvgIpc) is 2.84. The van der Waals surface area contributed by atoms with Crippen LogP contribution >= 0.6 is 15.9 Å². The third kappa shape index (κ3) is 9.37. The van der Waals surface area contributed by atoms with Gasteiger partial charge in [0.15, 0.2) is 0 Å². The number of aliphatic imine (C=N–C) groups is 1. The molecule has 0 saturated heterocycles. The van der Waals surface area contributed by atoms with Gasteiger partial charge in [-0.3, -0.25) is 10.4 Å². The molecule has 0 amide bonds. The van der Waals surface area contributed by atoms with Gasteiger partial charge in [0.2, 0.25) is 0 Å². The van der Waals surface area contributed by atoms with Crippen molar-refractivity contribution in [1.29, 1.82) is 0 Å². The van der Waals surface area contributed by atoms with Gasteiger partial charge in [-0.05, 0) is 29.8 Å². The fourth-order valence-corrected chi connectivity index (χ4v) is 6.17. The summed E-state index contributed by atoms with van der Waals surface area (Å²) in [6.45, 7) is 0. The fraction of sp³-hybridized carbons (Fsp3) is 0. The van der Waals surface area contributed by atoms with Gasteiger partial charge in [0.05, 0.1) is 11.9 Å². The molecule has 0 aliphatic heterocycles. The van der Waals surface area contributed by atoms with E-state index in [4.69, 9.17) is 12.6 Å². The van der Waals surface area contributed by atoms with E-state index in [9.17, 15) is 5.11 Å². The van der Waals surface area contributed by atoms with Crippen LogP contribution in [0.4, 0.5) is 5.69 Å². The summed E-state index contributed by atoms with van der Waals surface area (Å²) in [5.41, 5.74) is 3.82. The molecule has 4 aromatic carbocycles. The van der Waals surface area contributed by atoms with Crippen LogP contribution in [0.3, 0.4) is 0 Å². The Hall–Kier alpha value is -2.68. The zero-order chi connectivity index (χ0) is 23.3. The van der Waals surface area contributed by atoms with Gasteiger partial charge in [-0.1, -0.05) is 45.9 Å². The number of hydrogen-bond donors (Lipinski definition) is 1. The molecule has 4 nitrogen and oxygen atoms in total. The third-order valence-corrected chi connectivity index (χ3v) is 8.39. The molecule has 0 spiro atoms. The van der Waals surface area contributed by atoms with Crippen LogP contribution in [0.15, 0.2) is 124 Å². The van der Waals surface area contributed by atoms with Crippen LogP contribution in [0.2, 0.25) is 0 Å². The fourth-order valence-electron chi connectivity index (χ4n) is 2.63. The van der Waals surface area contributed by atoms with Crippen molar-refractivity contribution in [3.05, 3.63) is 119 Å². The van der Waals surface area contributed by atoms with Crippen LogP contribution in [-0.2, 0) is 12.6 Å². The molecule has 0 fully saturated rings. The van der Waals surface area contributed by atoms with E-state index in [0.29, 0.717) is 5.56 Å². The number of nitrogens with one attached hydrogen (secondary N) is 1. The van der Waals surface area contributed by atoms with Gasteiger partial charge < -0.3 is 17.7 Å². The second-order valence-corrected chi connectivity index (χ2v) is 12.0. The van der Waals surface area contributed by atoms with E-state index in [1.165, 1.54) is 19.4 Å². The van der Waals surface area contributed by atoms with Crippen molar-refractivity contribution in [2.75, 3.05) is 0 Å². The standard InChI is InChI=1S/C14H12BrN3OS.2C6H5.Sn/c15-11-6-7-13(19)10(8-11)9-16-18-14(20)17-12-4-2-1-3-5-12;2*1-2-4-6-5-3-1;/h1-9,19H,(H2,17,18,20);2*1-5H;/q;;;+2/p-2/b16-9+;;;. The molecule has 0 aromatic heterocycles. The normalized spacial score (nSPS) is 10.8. The summed E-state index contributed by atoms with van der Waals surface area (Å²) < 4.78 is 3.89. The molecule has 33 heavy (non-hydrogen) atoms. The number of halogens is 1. The molecule has 0 radical (unpaired) electrons. The van der Waals surface area contributed by atoms with E-state index in [2.05, 4.69) is 92.1 Å². The maximum absolute atomic E-state index is 11.5. The van der Waals surface area contributed by atoms with E-state index >= 15 is 0 Å². The molecule has 0 saturated carbocycles. The number of nitrogens with zero attached hydrogens (tertiary/aromatic N) is 2. The van der Waals surface area contributed by atoms with Crippen molar-refractivity contribution in [2.45, 2.75) is 0 Å². The summed E-state index contributed by atoms with van der Waals surface area (Å²) in [7, 11) is 0. The van der Waals surface area contributed by atoms with Crippen LogP contribution in [0, 0.1) is 0 Å². The minimum absolute atomic E-state index is 0.107. The first kappa shape index (κ1) is 25.0. The molecule has 0 bridgehead atoms. The van der Waals surface area contributed by atoms with Gasteiger partial charge in [0.1, 0.15) is 0 Å². The quantitative estimate of drug-likeness (QED) is 0.121. The van der Waals surface area contributed by atoms with E-state index in [1.54, 1.807) is 12.1 Å². The zero-order valence-electron chi connectivity index (χ0n) is 17.6. The van der Waals surface area contributed by atoms with Gasteiger partial charge >= 0.3 is 89.0 Å². The Morgan fingerprint density at radius 1 is 0.818 bits per heavy atom. The number of benzene rings is 4. The summed E-state index contributed by atoms with van der Waals surface area (Å²) >= 11 is 7.81. The van der Waals surface area contributed by atoms with E-state index < -0.39 is 21.1 Å². The average molecular weight is 621 g/mol. The minimum atomic E-state index is -0.517. The summed E-state index contributed by atoms with van der Waals surface area (Å²) in [4.78, 5) is 4.15. The molecule has 7 heteroatoms. The Balaban J connectivity index is 0.000000203. The first-order chi connectivity index (χ1) is 16.1. The number of amidine groups is 1. The molecule has 1 N–H and O–H groups in total. The van der Waals surface area contributed by atoms with Gasteiger partial charge in [0.25, 0.3) is 0 Å². The molecule has 0 aliphatic carbocycles. The predicted molar refractivity (Wildman–Crippen MR) is 143 cm³/mol. The van der Waals surface area contributed by atoms with Crippen LogP contribution in [-0.4, -0.2) is 32.5 Å². The molecule has 162 valence electrons. The van der Waals surface area contributed by atoms with E-state index in [0.717, 1.165) is 10.2 Å². The summed E-state index contributed by atoms with van der Waals surface area (Å²) in [6, 6.07) is 35.7. The van der Waals surface area contributed by atoms with E-state index in [1.807, 2.05) is 30.3 Å². The second-order valence-electron chi connectivity index (χ2n) is 6.66. The van der Waals surface area contributed by atoms with Gasteiger partial charge in [-0.2, -0.15) is 5.10 Å². The summed E-state index contributed by atoms with van der Waals surface area (Å²) in [5.74, 6) is -0.107. The van der Waals surface area contributed by atoms with Gasteiger partial charge in [-0.25, -0.2) is 0 Å². The van der Waals surface area contributed by atoms with Crippen LogP contribution in [0.25, 0.3) is 0 Å². The monoisotopic (exact) mass is 621 g/mol. The van der Waals surface area contributed by atoms with Gasteiger partial charge in [0, 0.05) is 9.64 Å². The molecule has 4 aromatic rings.